The SMILES string of the molecule is CC(C)C1(N)CN(Cc2ccccn2)C1. The fourth-order valence-electron chi connectivity index (χ4n) is 1.98. The van der Waals surface area contributed by atoms with E-state index in [9.17, 15) is 0 Å². The van der Waals surface area contributed by atoms with Crippen molar-refractivity contribution in [1.82, 2.24) is 9.88 Å². The average molecular weight is 205 g/mol. The Bertz CT molecular complexity index is 315. The van der Waals surface area contributed by atoms with Gasteiger partial charge in [0.2, 0.25) is 0 Å². The minimum atomic E-state index is 0.0226. The third kappa shape index (κ3) is 2.19. The molecule has 2 heterocycles. The van der Waals surface area contributed by atoms with E-state index in [1.54, 1.807) is 0 Å². The Morgan fingerprint density at radius 1 is 1.47 bits per heavy atom. The minimum absolute atomic E-state index is 0.0226. The van der Waals surface area contributed by atoms with Crippen molar-refractivity contribution in [2.24, 2.45) is 11.7 Å². The van der Waals surface area contributed by atoms with Crippen molar-refractivity contribution in [1.29, 1.82) is 0 Å². The van der Waals surface area contributed by atoms with Crippen molar-refractivity contribution in [2.75, 3.05) is 13.1 Å². The summed E-state index contributed by atoms with van der Waals surface area (Å²) in [6.07, 6.45) is 1.84. The summed E-state index contributed by atoms with van der Waals surface area (Å²) in [7, 11) is 0. The Morgan fingerprint density at radius 2 is 2.20 bits per heavy atom. The molecule has 1 aromatic heterocycles. The lowest BCUT2D eigenvalue weighted by atomic mass is 9.80. The standard InChI is InChI=1S/C12H19N3/c1-10(2)12(13)8-15(9-12)7-11-5-3-4-6-14-11/h3-6,10H,7-9,13H2,1-2H3. The molecule has 15 heavy (non-hydrogen) atoms. The number of nitrogens with zero attached hydrogens (tertiary/aromatic N) is 2. The molecule has 1 saturated heterocycles. The van der Waals surface area contributed by atoms with Gasteiger partial charge in [0.15, 0.2) is 0 Å². The van der Waals surface area contributed by atoms with Crippen LogP contribution in [0.3, 0.4) is 0 Å². The highest BCUT2D eigenvalue weighted by atomic mass is 15.3. The normalized spacial score (nSPS) is 20.3. The first kappa shape index (κ1) is 10.6. The summed E-state index contributed by atoms with van der Waals surface area (Å²) in [4.78, 5) is 6.66. The Labute approximate surface area is 91.3 Å². The van der Waals surface area contributed by atoms with Crippen molar-refractivity contribution in [3.63, 3.8) is 0 Å². The molecule has 1 fully saturated rings. The first-order chi connectivity index (χ1) is 7.10. The molecule has 0 aromatic carbocycles. The Balaban J connectivity index is 1.86. The maximum Gasteiger partial charge on any atom is 0.0543 e. The zero-order valence-electron chi connectivity index (χ0n) is 9.48. The highest BCUT2D eigenvalue weighted by molar-refractivity contribution is 5.08. The van der Waals surface area contributed by atoms with Crippen LogP contribution in [0.2, 0.25) is 0 Å². The second-order valence-corrected chi connectivity index (χ2v) is 4.85. The number of rotatable bonds is 3. The molecule has 0 radical (unpaired) electrons. The van der Waals surface area contributed by atoms with E-state index in [4.69, 9.17) is 5.73 Å². The van der Waals surface area contributed by atoms with Crippen LogP contribution in [0.1, 0.15) is 19.5 Å². The lowest BCUT2D eigenvalue weighted by molar-refractivity contribution is 0.0304. The van der Waals surface area contributed by atoms with Gasteiger partial charge < -0.3 is 5.73 Å². The van der Waals surface area contributed by atoms with Gasteiger partial charge >= 0.3 is 0 Å². The van der Waals surface area contributed by atoms with Gasteiger partial charge in [-0.05, 0) is 18.1 Å². The number of likely N-dealkylation sites (tertiary alicyclic amines) is 1. The van der Waals surface area contributed by atoms with Gasteiger partial charge in [0.25, 0.3) is 0 Å². The highest BCUT2D eigenvalue weighted by Crippen LogP contribution is 2.26. The molecule has 0 saturated carbocycles. The molecule has 3 heteroatoms. The number of aromatic nitrogens is 1. The van der Waals surface area contributed by atoms with Crippen molar-refractivity contribution in [3.8, 4) is 0 Å². The fraction of sp³-hybridized carbons (Fsp3) is 0.583. The summed E-state index contributed by atoms with van der Waals surface area (Å²) < 4.78 is 0. The first-order valence-corrected chi connectivity index (χ1v) is 5.51. The summed E-state index contributed by atoms with van der Waals surface area (Å²) in [5.74, 6) is 0.553. The van der Waals surface area contributed by atoms with Gasteiger partial charge in [-0.3, -0.25) is 9.88 Å². The summed E-state index contributed by atoms with van der Waals surface area (Å²) in [5.41, 5.74) is 7.38. The molecule has 3 nitrogen and oxygen atoms in total. The van der Waals surface area contributed by atoms with E-state index in [1.165, 1.54) is 0 Å². The zero-order valence-corrected chi connectivity index (χ0v) is 9.48. The molecule has 0 atom stereocenters. The van der Waals surface area contributed by atoms with Crippen molar-refractivity contribution in [3.05, 3.63) is 30.1 Å². The molecule has 1 aliphatic heterocycles. The van der Waals surface area contributed by atoms with Crippen LogP contribution in [0.15, 0.2) is 24.4 Å². The van der Waals surface area contributed by atoms with E-state index < -0.39 is 0 Å². The molecule has 0 unspecified atom stereocenters. The molecule has 2 N–H and O–H groups in total. The predicted octanol–water partition coefficient (Wildman–Crippen LogP) is 1.25. The van der Waals surface area contributed by atoms with Crippen LogP contribution in [0.25, 0.3) is 0 Å². The molecule has 0 aliphatic carbocycles. The fourth-order valence-corrected chi connectivity index (χ4v) is 1.98. The Hall–Kier alpha value is -0.930. The zero-order chi connectivity index (χ0) is 10.9. The molecule has 0 spiro atoms. The van der Waals surface area contributed by atoms with Gasteiger partial charge in [-0.15, -0.1) is 0 Å². The van der Waals surface area contributed by atoms with Crippen LogP contribution in [0.4, 0.5) is 0 Å². The summed E-state index contributed by atoms with van der Waals surface area (Å²) in [5, 5.41) is 0. The lowest BCUT2D eigenvalue weighted by Gasteiger charge is -2.50. The van der Waals surface area contributed by atoms with Gasteiger partial charge in [-0.2, -0.15) is 0 Å². The van der Waals surface area contributed by atoms with E-state index in [-0.39, 0.29) is 5.54 Å². The minimum Gasteiger partial charge on any atom is -0.323 e. The van der Waals surface area contributed by atoms with Gasteiger partial charge in [0, 0.05) is 31.4 Å². The average Bonchev–Trinajstić information content (AvgIpc) is 2.16. The molecular weight excluding hydrogens is 186 g/mol. The van der Waals surface area contributed by atoms with Crippen molar-refractivity contribution in [2.45, 2.75) is 25.9 Å². The summed E-state index contributed by atoms with van der Waals surface area (Å²) in [6, 6.07) is 6.03. The molecule has 0 amide bonds. The molecule has 1 aromatic rings. The Kier molecular flexibility index (Phi) is 2.76. The number of pyridine rings is 1. The van der Waals surface area contributed by atoms with E-state index in [2.05, 4.69) is 29.8 Å². The summed E-state index contributed by atoms with van der Waals surface area (Å²) in [6.45, 7) is 7.28. The molecule has 0 bridgehead atoms. The quantitative estimate of drug-likeness (QED) is 0.807. The maximum absolute atomic E-state index is 6.23. The number of hydrogen-bond donors (Lipinski definition) is 1. The van der Waals surface area contributed by atoms with Gasteiger partial charge in [-0.1, -0.05) is 19.9 Å². The van der Waals surface area contributed by atoms with Gasteiger partial charge in [0.05, 0.1) is 5.69 Å². The highest BCUT2D eigenvalue weighted by Gasteiger charge is 2.41. The lowest BCUT2D eigenvalue weighted by Crippen LogP contribution is -2.69. The van der Waals surface area contributed by atoms with Crippen LogP contribution in [-0.2, 0) is 6.54 Å². The van der Waals surface area contributed by atoms with Crippen LogP contribution in [0, 0.1) is 5.92 Å². The third-order valence-electron chi connectivity index (χ3n) is 3.30. The second kappa shape index (κ2) is 3.91. The van der Waals surface area contributed by atoms with Crippen LogP contribution in [0.5, 0.6) is 0 Å². The van der Waals surface area contributed by atoms with Crippen LogP contribution < -0.4 is 5.73 Å². The molecule has 2 rings (SSSR count). The molecule has 1 aliphatic rings. The monoisotopic (exact) mass is 205 g/mol. The van der Waals surface area contributed by atoms with Crippen molar-refractivity contribution < 1.29 is 0 Å². The molecule has 82 valence electrons. The summed E-state index contributed by atoms with van der Waals surface area (Å²) >= 11 is 0. The van der Waals surface area contributed by atoms with E-state index in [0.29, 0.717) is 5.92 Å². The van der Waals surface area contributed by atoms with Crippen LogP contribution >= 0.6 is 0 Å². The predicted molar refractivity (Wildman–Crippen MR) is 61.3 cm³/mol. The van der Waals surface area contributed by atoms with E-state index in [0.717, 1.165) is 25.3 Å². The second-order valence-electron chi connectivity index (χ2n) is 4.85. The first-order valence-electron chi connectivity index (χ1n) is 5.51. The smallest absolute Gasteiger partial charge is 0.0543 e. The van der Waals surface area contributed by atoms with Gasteiger partial charge in [-0.25, -0.2) is 0 Å². The van der Waals surface area contributed by atoms with Gasteiger partial charge in [0.1, 0.15) is 0 Å². The van der Waals surface area contributed by atoms with E-state index in [1.807, 2.05) is 18.3 Å². The topological polar surface area (TPSA) is 42.1 Å². The number of hydrogen-bond acceptors (Lipinski definition) is 3. The number of nitrogens with two attached hydrogens (primary N) is 1. The van der Waals surface area contributed by atoms with E-state index >= 15 is 0 Å². The maximum atomic E-state index is 6.23. The van der Waals surface area contributed by atoms with Crippen molar-refractivity contribution >= 4 is 0 Å². The Morgan fingerprint density at radius 3 is 2.73 bits per heavy atom. The van der Waals surface area contributed by atoms with Crippen LogP contribution in [-0.4, -0.2) is 28.5 Å². The molecular formula is C12H19N3. The third-order valence-corrected chi connectivity index (χ3v) is 3.30. The largest absolute Gasteiger partial charge is 0.323 e.